The van der Waals surface area contributed by atoms with Gasteiger partial charge in [0.1, 0.15) is 5.82 Å². The SMILES string of the molecule is O=C(CC1CCCCC1)N1CCc2c(C3CC3)nn(Cc3ccc(F)cc3)c2C1. The Labute approximate surface area is 172 Å². The van der Waals surface area contributed by atoms with Crippen molar-refractivity contribution in [2.45, 2.75) is 76.8 Å². The van der Waals surface area contributed by atoms with E-state index in [2.05, 4.69) is 9.58 Å². The summed E-state index contributed by atoms with van der Waals surface area (Å²) in [4.78, 5) is 15.0. The van der Waals surface area contributed by atoms with Crippen LogP contribution >= 0.6 is 0 Å². The van der Waals surface area contributed by atoms with Crippen LogP contribution in [0.4, 0.5) is 4.39 Å². The highest BCUT2D eigenvalue weighted by atomic mass is 19.1. The van der Waals surface area contributed by atoms with Gasteiger partial charge in [-0.1, -0.05) is 31.4 Å². The Bertz CT molecular complexity index is 878. The monoisotopic (exact) mass is 395 g/mol. The molecule has 4 nitrogen and oxygen atoms in total. The second kappa shape index (κ2) is 7.92. The molecule has 0 atom stereocenters. The second-order valence-electron chi connectivity index (χ2n) is 9.14. The molecule has 0 unspecified atom stereocenters. The zero-order chi connectivity index (χ0) is 19.8. The molecule has 0 bridgehead atoms. The van der Waals surface area contributed by atoms with Crippen LogP contribution in [-0.4, -0.2) is 27.1 Å². The van der Waals surface area contributed by atoms with E-state index in [1.807, 2.05) is 12.1 Å². The number of amides is 1. The molecule has 0 radical (unpaired) electrons. The topological polar surface area (TPSA) is 38.1 Å². The third-order valence-electron chi connectivity index (χ3n) is 6.92. The summed E-state index contributed by atoms with van der Waals surface area (Å²) in [5.74, 6) is 1.27. The largest absolute Gasteiger partial charge is 0.336 e. The first-order chi connectivity index (χ1) is 14.2. The van der Waals surface area contributed by atoms with E-state index in [1.165, 1.54) is 74.0 Å². The van der Waals surface area contributed by atoms with E-state index in [0.717, 1.165) is 18.5 Å². The van der Waals surface area contributed by atoms with Gasteiger partial charge in [-0.05, 0) is 55.7 Å². The van der Waals surface area contributed by atoms with Gasteiger partial charge in [-0.3, -0.25) is 9.48 Å². The predicted octanol–water partition coefficient (Wildman–Crippen LogP) is 4.80. The van der Waals surface area contributed by atoms with Gasteiger partial charge in [0.25, 0.3) is 0 Å². The lowest BCUT2D eigenvalue weighted by atomic mass is 9.86. The maximum absolute atomic E-state index is 13.3. The average Bonchev–Trinajstić information content (AvgIpc) is 3.53. The lowest BCUT2D eigenvalue weighted by Gasteiger charge is -2.30. The third kappa shape index (κ3) is 4.10. The van der Waals surface area contributed by atoms with E-state index < -0.39 is 0 Å². The summed E-state index contributed by atoms with van der Waals surface area (Å²) in [6.45, 7) is 2.13. The molecule has 29 heavy (non-hydrogen) atoms. The van der Waals surface area contributed by atoms with E-state index in [9.17, 15) is 9.18 Å². The molecule has 3 aliphatic rings. The molecule has 1 aliphatic heterocycles. The Morgan fingerprint density at radius 2 is 1.83 bits per heavy atom. The Kier molecular flexibility index (Phi) is 5.15. The molecule has 154 valence electrons. The van der Waals surface area contributed by atoms with E-state index >= 15 is 0 Å². The van der Waals surface area contributed by atoms with Gasteiger partial charge < -0.3 is 4.90 Å². The maximum atomic E-state index is 13.3. The number of hydrogen-bond acceptors (Lipinski definition) is 2. The zero-order valence-electron chi connectivity index (χ0n) is 17.1. The number of hydrogen-bond donors (Lipinski definition) is 0. The standard InChI is InChI=1S/C24H30FN3O/c25-20-10-6-18(7-11-20)15-28-22-16-27(23(29)14-17-4-2-1-3-5-17)13-12-21(22)24(26-28)19-8-9-19/h6-7,10-11,17,19H,1-5,8-9,12-16H2. The van der Waals surface area contributed by atoms with Crippen LogP contribution < -0.4 is 0 Å². The molecule has 2 heterocycles. The van der Waals surface area contributed by atoms with Crippen molar-refractivity contribution in [3.63, 3.8) is 0 Å². The smallest absolute Gasteiger partial charge is 0.223 e. The predicted molar refractivity (Wildman–Crippen MR) is 110 cm³/mol. The minimum absolute atomic E-state index is 0.214. The van der Waals surface area contributed by atoms with Crippen molar-refractivity contribution in [1.29, 1.82) is 0 Å². The normalized spacial score (nSPS) is 20.0. The minimum atomic E-state index is -0.214. The first-order valence-corrected chi connectivity index (χ1v) is 11.3. The van der Waals surface area contributed by atoms with Crippen molar-refractivity contribution < 1.29 is 9.18 Å². The zero-order valence-corrected chi connectivity index (χ0v) is 17.1. The van der Waals surface area contributed by atoms with Crippen LogP contribution in [0, 0.1) is 11.7 Å². The van der Waals surface area contributed by atoms with Crippen LogP contribution in [0.3, 0.4) is 0 Å². The van der Waals surface area contributed by atoms with E-state index in [0.29, 0.717) is 37.3 Å². The van der Waals surface area contributed by atoms with Crippen LogP contribution in [0.25, 0.3) is 0 Å². The molecule has 1 amide bonds. The van der Waals surface area contributed by atoms with Crippen molar-refractivity contribution in [3.05, 3.63) is 52.6 Å². The fraction of sp³-hybridized carbons (Fsp3) is 0.583. The fourth-order valence-corrected chi connectivity index (χ4v) is 5.07. The van der Waals surface area contributed by atoms with Crippen LogP contribution in [0.15, 0.2) is 24.3 Å². The van der Waals surface area contributed by atoms with Gasteiger partial charge in [-0.2, -0.15) is 5.10 Å². The Morgan fingerprint density at radius 3 is 2.55 bits per heavy atom. The van der Waals surface area contributed by atoms with Gasteiger partial charge in [0, 0.05) is 24.4 Å². The lowest BCUT2D eigenvalue weighted by molar-refractivity contribution is -0.133. The third-order valence-corrected chi connectivity index (χ3v) is 6.92. The van der Waals surface area contributed by atoms with Crippen LogP contribution in [-0.2, 0) is 24.3 Å². The number of carbonyl (C=O) groups is 1. The Balaban J connectivity index is 1.35. The number of halogens is 1. The summed E-state index contributed by atoms with van der Waals surface area (Å²) in [5, 5.41) is 4.97. The van der Waals surface area contributed by atoms with Gasteiger partial charge in [0.15, 0.2) is 0 Å². The number of fused-ring (bicyclic) bond motifs is 1. The van der Waals surface area contributed by atoms with Gasteiger partial charge in [-0.25, -0.2) is 4.39 Å². The number of carbonyl (C=O) groups excluding carboxylic acids is 1. The summed E-state index contributed by atoms with van der Waals surface area (Å²) in [6.07, 6.45) is 10.4. The Morgan fingerprint density at radius 1 is 1.07 bits per heavy atom. The molecule has 1 aromatic carbocycles. The summed E-state index contributed by atoms with van der Waals surface area (Å²) in [7, 11) is 0. The van der Waals surface area contributed by atoms with E-state index in [1.54, 1.807) is 0 Å². The second-order valence-corrected chi connectivity index (χ2v) is 9.14. The van der Waals surface area contributed by atoms with Gasteiger partial charge >= 0.3 is 0 Å². The molecule has 0 spiro atoms. The first-order valence-electron chi connectivity index (χ1n) is 11.3. The molecule has 2 saturated carbocycles. The fourth-order valence-electron chi connectivity index (χ4n) is 5.07. The quantitative estimate of drug-likeness (QED) is 0.729. The maximum Gasteiger partial charge on any atom is 0.223 e. The molecular formula is C24H30FN3O. The highest BCUT2D eigenvalue weighted by Gasteiger charge is 2.35. The summed E-state index contributed by atoms with van der Waals surface area (Å²) < 4.78 is 15.4. The minimum Gasteiger partial charge on any atom is -0.336 e. The highest BCUT2D eigenvalue weighted by Crippen LogP contribution is 2.43. The van der Waals surface area contributed by atoms with Crippen molar-refractivity contribution in [2.75, 3.05) is 6.54 Å². The average molecular weight is 396 g/mol. The van der Waals surface area contributed by atoms with Gasteiger partial charge in [-0.15, -0.1) is 0 Å². The van der Waals surface area contributed by atoms with Crippen LogP contribution in [0.2, 0.25) is 0 Å². The van der Waals surface area contributed by atoms with Gasteiger partial charge in [0.2, 0.25) is 5.91 Å². The summed E-state index contributed by atoms with van der Waals surface area (Å²) >= 11 is 0. The molecule has 0 saturated heterocycles. The molecule has 5 heteroatoms. The van der Waals surface area contributed by atoms with Crippen molar-refractivity contribution >= 4 is 5.91 Å². The molecule has 5 rings (SSSR count). The first kappa shape index (κ1) is 18.8. The van der Waals surface area contributed by atoms with Crippen molar-refractivity contribution in [2.24, 2.45) is 5.92 Å². The highest BCUT2D eigenvalue weighted by molar-refractivity contribution is 5.76. The summed E-state index contributed by atoms with van der Waals surface area (Å²) in [5.41, 5.74) is 4.86. The number of benzene rings is 1. The number of rotatable bonds is 5. The molecular weight excluding hydrogens is 365 g/mol. The molecule has 2 aliphatic carbocycles. The summed E-state index contributed by atoms with van der Waals surface area (Å²) in [6, 6.07) is 6.67. The number of nitrogens with zero attached hydrogens (tertiary/aromatic N) is 3. The van der Waals surface area contributed by atoms with Crippen LogP contribution in [0.1, 0.15) is 79.8 Å². The number of aromatic nitrogens is 2. The van der Waals surface area contributed by atoms with E-state index in [4.69, 9.17) is 5.10 Å². The van der Waals surface area contributed by atoms with Crippen molar-refractivity contribution in [3.8, 4) is 0 Å². The van der Waals surface area contributed by atoms with Crippen LogP contribution in [0.5, 0.6) is 0 Å². The lowest BCUT2D eigenvalue weighted by Crippen LogP contribution is -2.38. The van der Waals surface area contributed by atoms with E-state index in [-0.39, 0.29) is 5.82 Å². The molecule has 2 fully saturated rings. The van der Waals surface area contributed by atoms with Gasteiger partial charge in [0.05, 0.1) is 24.5 Å². The van der Waals surface area contributed by atoms with Crippen molar-refractivity contribution in [1.82, 2.24) is 14.7 Å². The molecule has 1 aromatic heterocycles. The molecule has 0 N–H and O–H groups in total. The molecule has 2 aromatic rings. The Hall–Kier alpha value is -2.17.